The third-order valence-corrected chi connectivity index (χ3v) is 2.46. The van der Waals surface area contributed by atoms with Crippen molar-refractivity contribution in [2.45, 2.75) is 32.2 Å². The topological polar surface area (TPSA) is 55.1 Å². The number of carbonyl (C=O) groups excluding carboxylic acids is 1. The molecule has 0 aliphatic rings. The molecular formula is C13H21ClN2O. The van der Waals surface area contributed by atoms with Crippen molar-refractivity contribution >= 4 is 18.3 Å². The maximum Gasteiger partial charge on any atom is 0.237 e. The lowest BCUT2D eigenvalue weighted by Gasteiger charge is -2.11. The monoisotopic (exact) mass is 256 g/mol. The van der Waals surface area contributed by atoms with E-state index in [2.05, 4.69) is 12.2 Å². The number of benzene rings is 1. The molecule has 1 rings (SSSR count). The lowest BCUT2D eigenvalue weighted by molar-refractivity contribution is -0.122. The Morgan fingerprint density at radius 2 is 2.00 bits per heavy atom. The summed E-state index contributed by atoms with van der Waals surface area (Å²) in [6.45, 7) is 2.81. The molecule has 0 aliphatic heterocycles. The molecule has 1 aromatic carbocycles. The van der Waals surface area contributed by atoms with Crippen molar-refractivity contribution in [2.24, 2.45) is 5.73 Å². The molecule has 0 radical (unpaired) electrons. The Balaban J connectivity index is 0.00000256. The van der Waals surface area contributed by atoms with Gasteiger partial charge in [-0.3, -0.25) is 4.79 Å². The van der Waals surface area contributed by atoms with E-state index >= 15 is 0 Å². The first-order valence-corrected chi connectivity index (χ1v) is 5.81. The average Bonchev–Trinajstić information content (AvgIpc) is 2.30. The van der Waals surface area contributed by atoms with Gasteiger partial charge in [0.2, 0.25) is 5.91 Å². The van der Waals surface area contributed by atoms with Gasteiger partial charge in [-0.15, -0.1) is 12.4 Å². The van der Waals surface area contributed by atoms with Gasteiger partial charge in [-0.1, -0.05) is 43.7 Å². The summed E-state index contributed by atoms with van der Waals surface area (Å²) in [7, 11) is 0. The summed E-state index contributed by atoms with van der Waals surface area (Å²) in [5.74, 6) is -0.0581. The zero-order valence-corrected chi connectivity index (χ0v) is 11.0. The summed E-state index contributed by atoms with van der Waals surface area (Å²) in [5, 5.41) is 2.84. The maximum atomic E-state index is 11.6. The van der Waals surface area contributed by atoms with E-state index in [-0.39, 0.29) is 18.3 Å². The number of amides is 1. The molecule has 0 heterocycles. The summed E-state index contributed by atoms with van der Waals surface area (Å²) in [6, 6.07) is 9.39. The second kappa shape index (κ2) is 9.02. The Labute approximate surface area is 109 Å². The summed E-state index contributed by atoms with van der Waals surface area (Å²) in [5.41, 5.74) is 6.92. The van der Waals surface area contributed by atoms with Crippen LogP contribution in [0.4, 0.5) is 0 Å². The number of carbonyl (C=O) groups is 1. The van der Waals surface area contributed by atoms with Crippen molar-refractivity contribution in [1.82, 2.24) is 5.32 Å². The van der Waals surface area contributed by atoms with E-state index in [1.165, 1.54) is 0 Å². The van der Waals surface area contributed by atoms with Crippen LogP contribution in [0.3, 0.4) is 0 Å². The Morgan fingerprint density at radius 3 is 2.59 bits per heavy atom. The molecule has 17 heavy (non-hydrogen) atoms. The molecule has 0 bridgehead atoms. The molecule has 0 spiro atoms. The largest absolute Gasteiger partial charge is 0.355 e. The highest BCUT2D eigenvalue weighted by Crippen LogP contribution is 2.01. The van der Waals surface area contributed by atoms with Crippen LogP contribution >= 0.6 is 12.4 Å². The lowest BCUT2D eigenvalue weighted by Crippen LogP contribution is -2.42. The quantitative estimate of drug-likeness (QED) is 0.764. The van der Waals surface area contributed by atoms with Gasteiger partial charge < -0.3 is 11.1 Å². The second-order valence-electron chi connectivity index (χ2n) is 3.94. The van der Waals surface area contributed by atoms with Crippen LogP contribution in [-0.2, 0) is 11.2 Å². The summed E-state index contributed by atoms with van der Waals surface area (Å²) < 4.78 is 0. The fourth-order valence-corrected chi connectivity index (χ4v) is 1.48. The molecule has 96 valence electrons. The van der Waals surface area contributed by atoms with Gasteiger partial charge in [0, 0.05) is 6.54 Å². The molecule has 4 heteroatoms. The van der Waals surface area contributed by atoms with Crippen LogP contribution in [0.25, 0.3) is 0 Å². The number of hydrogen-bond donors (Lipinski definition) is 2. The molecular weight excluding hydrogens is 236 g/mol. The molecule has 1 unspecified atom stereocenters. The first-order chi connectivity index (χ1) is 7.74. The molecule has 0 saturated heterocycles. The molecule has 1 amide bonds. The first-order valence-electron chi connectivity index (χ1n) is 5.81. The molecule has 0 fully saturated rings. The highest BCUT2D eigenvalue weighted by molar-refractivity contribution is 5.85. The molecule has 1 atom stereocenters. The zero-order valence-electron chi connectivity index (χ0n) is 10.2. The highest BCUT2D eigenvalue weighted by Gasteiger charge is 2.12. The van der Waals surface area contributed by atoms with Crippen LogP contribution in [0.15, 0.2) is 30.3 Å². The van der Waals surface area contributed by atoms with E-state index in [4.69, 9.17) is 5.73 Å². The first kappa shape index (κ1) is 15.9. The SMILES string of the molecule is CCCCNC(=O)C(N)Cc1ccccc1.Cl. The van der Waals surface area contributed by atoms with E-state index in [1.54, 1.807) is 0 Å². The number of hydrogen-bond acceptors (Lipinski definition) is 2. The second-order valence-corrected chi connectivity index (χ2v) is 3.94. The Morgan fingerprint density at radius 1 is 1.35 bits per heavy atom. The van der Waals surface area contributed by atoms with Crippen LogP contribution in [0, 0.1) is 0 Å². The van der Waals surface area contributed by atoms with Crippen molar-refractivity contribution in [3.05, 3.63) is 35.9 Å². The van der Waals surface area contributed by atoms with Gasteiger partial charge >= 0.3 is 0 Å². The summed E-state index contributed by atoms with van der Waals surface area (Å²) in [6.07, 6.45) is 2.68. The van der Waals surface area contributed by atoms with Crippen LogP contribution in [0.5, 0.6) is 0 Å². The van der Waals surface area contributed by atoms with Crippen molar-refractivity contribution in [3.63, 3.8) is 0 Å². The van der Waals surface area contributed by atoms with Gasteiger partial charge in [0.05, 0.1) is 6.04 Å². The Hall–Kier alpha value is -1.06. The smallest absolute Gasteiger partial charge is 0.237 e. The normalized spacial score (nSPS) is 11.4. The number of halogens is 1. The van der Waals surface area contributed by atoms with Gasteiger partial charge in [0.15, 0.2) is 0 Å². The molecule has 3 N–H and O–H groups in total. The standard InChI is InChI=1S/C13H20N2O.ClH/c1-2-3-9-15-13(16)12(14)10-11-7-5-4-6-8-11;/h4-8,12H,2-3,9-10,14H2,1H3,(H,15,16);1H. The van der Waals surface area contributed by atoms with Crippen LogP contribution < -0.4 is 11.1 Å². The fraction of sp³-hybridized carbons (Fsp3) is 0.462. The Bertz CT molecular complexity index is 316. The summed E-state index contributed by atoms with van der Waals surface area (Å²) >= 11 is 0. The number of rotatable bonds is 6. The fourth-order valence-electron chi connectivity index (χ4n) is 1.48. The van der Waals surface area contributed by atoms with Crippen molar-refractivity contribution in [2.75, 3.05) is 6.54 Å². The van der Waals surface area contributed by atoms with Gasteiger partial charge in [-0.25, -0.2) is 0 Å². The molecule has 0 saturated carbocycles. The van der Waals surface area contributed by atoms with E-state index in [9.17, 15) is 4.79 Å². The van der Waals surface area contributed by atoms with Crippen molar-refractivity contribution in [3.8, 4) is 0 Å². The van der Waals surface area contributed by atoms with Crippen molar-refractivity contribution in [1.29, 1.82) is 0 Å². The lowest BCUT2D eigenvalue weighted by atomic mass is 10.1. The van der Waals surface area contributed by atoms with E-state index in [0.29, 0.717) is 6.42 Å². The minimum atomic E-state index is -0.445. The minimum absolute atomic E-state index is 0. The van der Waals surface area contributed by atoms with Gasteiger partial charge in [0.1, 0.15) is 0 Å². The van der Waals surface area contributed by atoms with Gasteiger partial charge in [0.25, 0.3) is 0 Å². The van der Waals surface area contributed by atoms with E-state index in [1.807, 2.05) is 30.3 Å². The van der Waals surface area contributed by atoms with Gasteiger partial charge in [-0.2, -0.15) is 0 Å². The van der Waals surface area contributed by atoms with E-state index < -0.39 is 6.04 Å². The van der Waals surface area contributed by atoms with Gasteiger partial charge in [-0.05, 0) is 18.4 Å². The van der Waals surface area contributed by atoms with E-state index in [0.717, 1.165) is 24.9 Å². The third kappa shape index (κ3) is 6.29. The third-order valence-electron chi connectivity index (χ3n) is 2.46. The summed E-state index contributed by atoms with van der Waals surface area (Å²) in [4.78, 5) is 11.6. The predicted molar refractivity (Wildman–Crippen MR) is 73.3 cm³/mol. The van der Waals surface area contributed by atoms with Crippen molar-refractivity contribution < 1.29 is 4.79 Å². The van der Waals surface area contributed by atoms with Crippen LogP contribution in [0.2, 0.25) is 0 Å². The Kier molecular flexibility index (Phi) is 8.46. The highest BCUT2D eigenvalue weighted by atomic mass is 35.5. The average molecular weight is 257 g/mol. The molecule has 1 aromatic rings. The zero-order chi connectivity index (χ0) is 11.8. The molecule has 3 nitrogen and oxygen atoms in total. The van der Waals surface area contributed by atoms with Crippen LogP contribution in [-0.4, -0.2) is 18.5 Å². The number of nitrogens with one attached hydrogen (secondary N) is 1. The number of nitrogens with two attached hydrogens (primary N) is 1. The minimum Gasteiger partial charge on any atom is -0.355 e. The molecule has 0 aliphatic carbocycles. The maximum absolute atomic E-state index is 11.6. The predicted octanol–water partition coefficient (Wildman–Crippen LogP) is 1.89. The molecule has 0 aromatic heterocycles. The number of unbranched alkanes of at least 4 members (excludes halogenated alkanes) is 1. The van der Waals surface area contributed by atoms with Crippen LogP contribution in [0.1, 0.15) is 25.3 Å².